The number of anilines is 1. The van der Waals surface area contributed by atoms with Crippen LogP contribution in [-0.2, 0) is 13.0 Å². The van der Waals surface area contributed by atoms with Crippen LogP contribution in [0.2, 0.25) is 0 Å². The van der Waals surface area contributed by atoms with Crippen LogP contribution in [-0.4, -0.2) is 18.0 Å². The van der Waals surface area contributed by atoms with Crippen LogP contribution in [0.15, 0.2) is 66.7 Å². The minimum absolute atomic E-state index is 0.291. The summed E-state index contributed by atoms with van der Waals surface area (Å²) < 4.78 is 46.3. The summed E-state index contributed by atoms with van der Waals surface area (Å²) in [4.78, 5) is 2.32. The second kappa shape index (κ2) is 8.79. The molecule has 1 N–H and O–H groups in total. The number of aryl methyl sites for hydroxylation is 1. The summed E-state index contributed by atoms with van der Waals surface area (Å²) in [6, 6.07) is 18.4. The number of phenolic OH excluding ortho intramolecular Hbond substituents is 1. The van der Waals surface area contributed by atoms with E-state index in [0.29, 0.717) is 17.2 Å². The highest BCUT2D eigenvalue weighted by Crippen LogP contribution is 2.31. The molecule has 31 heavy (non-hydrogen) atoms. The summed E-state index contributed by atoms with van der Waals surface area (Å²) in [5.74, 6) is 1.01. The molecular weight excluding hydrogens is 407 g/mol. The Balaban J connectivity index is 1.41. The van der Waals surface area contributed by atoms with E-state index in [1.54, 1.807) is 6.07 Å². The van der Waals surface area contributed by atoms with E-state index in [9.17, 15) is 18.3 Å². The van der Waals surface area contributed by atoms with Gasteiger partial charge in [-0.25, -0.2) is 0 Å². The second-order valence-electron chi connectivity index (χ2n) is 7.46. The average molecular weight is 429 g/mol. The molecule has 0 bridgehead atoms. The van der Waals surface area contributed by atoms with E-state index >= 15 is 0 Å². The van der Waals surface area contributed by atoms with Crippen molar-refractivity contribution in [1.29, 1.82) is 0 Å². The first-order valence-electron chi connectivity index (χ1n) is 10.1. The molecule has 4 rings (SSSR count). The van der Waals surface area contributed by atoms with Crippen LogP contribution < -0.4 is 14.4 Å². The zero-order valence-electron chi connectivity index (χ0n) is 16.7. The standard InChI is InChI=1S/C24H22F3NO3/c25-24(26,27)31-22-11-9-21(10-12-22)30-20-7-4-17(5-8-20)16-28-14-2-1-3-18-15-19(29)6-13-23(18)28/h4-13,15,29H,1-3,14,16H2. The lowest BCUT2D eigenvalue weighted by Crippen LogP contribution is -2.23. The Morgan fingerprint density at radius 1 is 0.839 bits per heavy atom. The molecule has 1 aliphatic heterocycles. The molecule has 0 saturated heterocycles. The summed E-state index contributed by atoms with van der Waals surface area (Å²) >= 11 is 0. The van der Waals surface area contributed by atoms with Crippen LogP contribution in [0.1, 0.15) is 24.0 Å². The van der Waals surface area contributed by atoms with Gasteiger partial charge in [0.25, 0.3) is 0 Å². The number of halogens is 3. The Bertz CT molecular complexity index is 1020. The molecular formula is C24H22F3NO3. The van der Waals surface area contributed by atoms with Crippen molar-refractivity contribution in [2.24, 2.45) is 0 Å². The van der Waals surface area contributed by atoms with E-state index in [1.165, 1.54) is 24.3 Å². The Labute approximate surface area is 178 Å². The van der Waals surface area contributed by atoms with Crippen LogP contribution in [0, 0.1) is 0 Å². The number of phenols is 1. The van der Waals surface area contributed by atoms with Gasteiger partial charge in [-0.05, 0) is 85.0 Å². The van der Waals surface area contributed by atoms with E-state index in [0.717, 1.165) is 49.2 Å². The van der Waals surface area contributed by atoms with E-state index in [4.69, 9.17) is 4.74 Å². The number of benzene rings is 3. The van der Waals surface area contributed by atoms with Crippen molar-refractivity contribution in [3.8, 4) is 23.0 Å². The lowest BCUT2D eigenvalue weighted by atomic mass is 10.1. The number of rotatable bonds is 5. The van der Waals surface area contributed by atoms with Crippen LogP contribution in [0.4, 0.5) is 18.9 Å². The highest BCUT2D eigenvalue weighted by Gasteiger charge is 2.31. The molecule has 0 saturated carbocycles. The molecule has 0 aliphatic carbocycles. The Hall–Kier alpha value is -3.35. The van der Waals surface area contributed by atoms with Crippen LogP contribution >= 0.6 is 0 Å². The number of aromatic hydroxyl groups is 1. The topological polar surface area (TPSA) is 41.9 Å². The molecule has 3 aromatic carbocycles. The van der Waals surface area contributed by atoms with Gasteiger partial charge in [-0.2, -0.15) is 0 Å². The van der Waals surface area contributed by atoms with Crippen LogP contribution in [0.5, 0.6) is 23.0 Å². The van der Waals surface area contributed by atoms with E-state index < -0.39 is 6.36 Å². The van der Waals surface area contributed by atoms with Gasteiger partial charge in [-0.15, -0.1) is 13.2 Å². The third kappa shape index (κ3) is 5.63. The van der Waals surface area contributed by atoms with Gasteiger partial charge < -0.3 is 19.5 Å². The maximum absolute atomic E-state index is 12.2. The molecule has 0 amide bonds. The van der Waals surface area contributed by atoms with Crippen molar-refractivity contribution >= 4 is 5.69 Å². The Kier molecular flexibility index (Phi) is 5.93. The van der Waals surface area contributed by atoms with E-state index in [2.05, 4.69) is 9.64 Å². The van der Waals surface area contributed by atoms with Gasteiger partial charge in [0, 0.05) is 18.8 Å². The third-order valence-electron chi connectivity index (χ3n) is 5.12. The highest BCUT2D eigenvalue weighted by molar-refractivity contribution is 5.57. The molecule has 3 aromatic rings. The van der Waals surface area contributed by atoms with Gasteiger partial charge in [0.15, 0.2) is 0 Å². The van der Waals surface area contributed by atoms with Gasteiger partial charge in [-0.3, -0.25) is 0 Å². The summed E-state index contributed by atoms with van der Waals surface area (Å²) in [5, 5.41) is 9.78. The smallest absolute Gasteiger partial charge is 0.508 e. The summed E-state index contributed by atoms with van der Waals surface area (Å²) in [6.07, 6.45) is -1.58. The van der Waals surface area contributed by atoms with Crippen molar-refractivity contribution in [3.63, 3.8) is 0 Å². The molecule has 0 atom stereocenters. The molecule has 0 aromatic heterocycles. The molecule has 0 fully saturated rings. The number of fused-ring (bicyclic) bond motifs is 1. The van der Waals surface area contributed by atoms with Crippen molar-refractivity contribution in [2.45, 2.75) is 32.2 Å². The predicted molar refractivity (Wildman–Crippen MR) is 112 cm³/mol. The quantitative estimate of drug-likeness (QED) is 0.508. The lowest BCUT2D eigenvalue weighted by molar-refractivity contribution is -0.274. The van der Waals surface area contributed by atoms with E-state index in [-0.39, 0.29) is 5.75 Å². The van der Waals surface area contributed by atoms with Crippen molar-refractivity contribution in [3.05, 3.63) is 77.9 Å². The monoisotopic (exact) mass is 429 g/mol. The largest absolute Gasteiger partial charge is 0.573 e. The minimum Gasteiger partial charge on any atom is -0.508 e. The average Bonchev–Trinajstić information content (AvgIpc) is 2.91. The number of ether oxygens (including phenoxy) is 2. The van der Waals surface area contributed by atoms with E-state index in [1.807, 2.05) is 36.4 Å². The van der Waals surface area contributed by atoms with Crippen LogP contribution in [0.25, 0.3) is 0 Å². The predicted octanol–water partition coefficient (Wildman–Crippen LogP) is 6.43. The van der Waals surface area contributed by atoms with Gasteiger partial charge in [-0.1, -0.05) is 12.1 Å². The number of hydrogen-bond donors (Lipinski definition) is 1. The van der Waals surface area contributed by atoms with Gasteiger partial charge in [0.2, 0.25) is 0 Å². The maximum Gasteiger partial charge on any atom is 0.573 e. The van der Waals surface area contributed by atoms with Crippen LogP contribution in [0.3, 0.4) is 0 Å². The second-order valence-corrected chi connectivity index (χ2v) is 7.46. The van der Waals surface area contributed by atoms with Crippen molar-refractivity contribution in [1.82, 2.24) is 0 Å². The number of nitrogens with zero attached hydrogens (tertiary/aromatic N) is 1. The first-order chi connectivity index (χ1) is 14.9. The molecule has 1 aliphatic rings. The minimum atomic E-state index is -4.72. The summed E-state index contributed by atoms with van der Waals surface area (Å²) in [6.45, 7) is 1.68. The van der Waals surface area contributed by atoms with Crippen molar-refractivity contribution in [2.75, 3.05) is 11.4 Å². The fourth-order valence-corrected chi connectivity index (χ4v) is 3.71. The molecule has 0 unspecified atom stereocenters. The fourth-order valence-electron chi connectivity index (χ4n) is 3.71. The molecule has 1 heterocycles. The molecule has 0 radical (unpaired) electrons. The third-order valence-corrected chi connectivity index (χ3v) is 5.12. The Morgan fingerprint density at radius 3 is 2.16 bits per heavy atom. The fraction of sp³-hybridized carbons (Fsp3) is 0.250. The molecule has 162 valence electrons. The highest BCUT2D eigenvalue weighted by atomic mass is 19.4. The molecule has 7 heteroatoms. The zero-order valence-corrected chi connectivity index (χ0v) is 16.7. The number of alkyl halides is 3. The van der Waals surface area contributed by atoms with Gasteiger partial charge >= 0.3 is 6.36 Å². The SMILES string of the molecule is Oc1ccc2c(c1)CCCCN2Cc1ccc(Oc2ccc(OC(F)(F)F)cc2)cc1. The zero-order chi connectivity index (χ0) is 21.8. The van der Waals surface area contributed by atoms with Gasteiger partial charge in [0.1, 0.15) is 23.0 Å². The lowest BCUT2D eigenvalue weighted by Gasteiger charge is -2.25. The molecule has 0 spiro atoms. The summed E-state index contributed by atoms with van der Waals surface area (Å²) in [5.41, 5.74) is 3.43. The maximum atomic E-state index is 12.2. The first kappa shape index (κ1) is 20.9. The Morgan fingerprint density at radius 2 is 1.48 bits per heavy atom. The first-order valence-corrected chi connectivity index (χ1v) is 10.1. The normalized spacial score (nSPS) is 14.0. The number of hydrogen-bond acceptors (Lipinski definition) is 4. The van der Waals surface area contributed by atoms with Gasteiger partial charge in [0.05, 0.1) is 0 Å². The molecule has 4 nitrogen and oxygen atoms in total. The van der Waals surface area contributed by atoms with Crippen molar-refractivity contribution < 1.29 is 27.8 Å². The summed E-state index contributed by atoms with van der Waals surface area (Å²) in [7, 11) is 0.